The second-order valence-electron chi connectivity index (χ2n) is 7.43. The molecule has 4 aromatic rings. The molecular formula is C23H23FN6O. The topological polar surface area (TPSA) is 68.8 Å². The third-order valence-corrected chi connectivity index (χ3v) is 5.22. The zero-order valence-electron chi connectivity index (χ0n) is 17.9. The Bertz CT molecular complexity index is 1230. The lowest BCUT2D eigenvalue weighted by Crippen LogP contribution is -2.28. The highest BCUT2D eigenvalue weighted by Crippen LogP contribution is 2.20. The van der Waals surface area contributed by atoms with E-state index in [-0.39, 0.29) is 17.5 Å². The number of hydrogen-bond donors (Lipinski definition) is 0. The number of carbonyl (C=O) groups is 1. The summed E-state index contributed by atoms with van der Waals surface area (Å²) in [5.74, 6) is 0.0114. The molecule has 0 N–H and O–H groups in total. The summed E-state index contributed by atoms with van der Waals surface area (Å²) in [6, 6.07) is 15.8. The van der Waals surface area contributed by atoms with E-state index in [0.29, 0.717) is 18.1 Å². The third kappa shape index (κ3) is 3.96. The lowest BCUT2D eigenvalue weighted by molar-refractivity contribution is 0.0772. The van der Waals surface area contributed by atoms with Crippen molar-refractivity contribution < 1.29 is 9.18 Å². The molecule has 0 fully saturated rings. The van der Waals surface area contributed by atoms with Crippen molar-refractivity contribution in [1.29, 1.82) is 0 Å². The van der Waals surface area contributed by atoms with Gasteiger partial charge >= 0.3 is 0 Å². The number of nitrogens with zero attached hydrogens (tertiary/aromatic N) is 6. The Labute approximate surface area is 179 Å². The standard InChI is InChI=1S/C23H23FN6O/c1-15-21(16(2)29(26-15)19-8-6-5-7-9-19)14-28(4)23(31)22-25-17(3)30(27-22)20-12-10-18(24)11-13-20/h5-13H,14H2,1-4H3. The summed E-state index contributed by atoms with van der Waals surface area (Å²) in [7, 11) is 1.72. The predicted molar refractivity (Wildman–Crippen MR) is 115 cm³/mol. The minimum Gasteiger partial charge on any atom is -0.334 e. The maximum atomic E-state index is 13.2. The van der Waals surface area contributed by atoms with Crippen molar-refractivity contribution in [3.05, 3.63) is 89.0 Å². The van der Waals surface area contributed by atoms with Gasteiger partial charge in [-0.15, -0.1) is 5.10 Å². The highest BCUT2D eigenvalue weighted by atomic mass is 19.1. The summed E-state index contributed by atoms with van der Waals surface area (Å²) in [4.78, 5) is 18.9. The summed E-state index contributed by atoms with van der Waals surface area (Å²) >= 11 is 0. The molecule has 0 aliphatic carbocycles. The molecule has 0 radical (unpaired) electrons. The largest absolute Gasteiger partial charge is 0.334 e. The van der Waals surface area contributed by atoms with E-state index in [0.717, 1.165) is 22.6 Å². The fourth-order valence-corrected chi connectivity index (χ4v) is 3.51. The lowest BCUT2D eigenvalue weighted by Gasteiger charge is -2.15. The zero-order valence-corrected chi connectivity index (χ0v) is 17.9. The monoisotopic (exact) mass is 418 g/mol. The van der Waals surface area contributed by atoms with Crippen LogP contribution in [-0.4, -0.2) is 42.4 Å². The van der Waals surface area contributed by atoms with Gasteiger partial charge in [-0.1, -0.05) is 18.2 Å². The average molecular weight is 418 g/mol. The normalized spacial score (nSPS) is 11.0. The molecule has 31 heavy (non-hydrogen) atoms. The van der Waals surface area contributed by atoms with Crippen LogP contribution < -0.4 is 0 Å². The summed E-state index contributed by atoms with van der Waals surface area (Å²) in [6.07, 6.45) is 0. The Hall–Kier alpha value is -3.81. The summed E-state index contributed by atoms with van der Waals surface area (Å²) < 4.78 is 16.6. The Balaban J connectivity index is 1.57. The van der Waals surface area contributed by atoms with Crippen LogP contribution in [0.3, 0.4) is 0 Å². The molecule has 158 valence electrons. The number of amides is 1. The minimum atomic E-state index is -0.334. The number of hydrogen-bond acceptors (Lipinski definition) is 4. The van der Waals surface area contributed by atoms with Crippen molar-refractivity contribution in [3.63, 3.8) is 0 Å². The van der Waals surface area contributed by atoms with Gasteiger partial charge < -0.3 is 4.90 Å². The van der Waals surface area contributed by atoms with Gasteiger partial charge in [0, 0.05) is 24.8 Å². The van der Waals surface area contributed by atoms with Gasteiger partial charge in [0.2, 0.25) is 5.82 Å². The van der Waals surface area contributed by atoms with Crippen LogP contribution in [0.25, 0.3) is 11.4 Å². The van der Waals surface area contributed by atoms with Crippen molar-refractivity contribution >= 4 is 5.91 Å². The molecule has 0 spiro atoms. The van der Waals surface area contributed by atoms with Crippen LogP contribution in [-0.2, 0) is 6.54 Å². The van der Waals surface area contributed by atoms with E-state index < -0.39 is 0 Å². The Morgan fingerprint density at radius 2 is 1.58 bits per heavy atom. The van der Waals surface area contributed by atoms with E-state index in [9.17, 15) is 9.18 Å². The molecular weight excluding hydrogens is 395 g/mol. The van der Waals surface area contributed by atoms with E-state index in [1.54, 1.807) is 31.0 Å². The van der Waals surface area contributed by atoms with Gasteiger partial charge in [-0.3, -0.25) is 4.79 Å². The highest BCUT2D eigenvalue weighted by Gasteiger charge is 2.22. The molecule has 0 bridgehead atoms. The van der Waals surface area contributed by atoms with Gasteiger partial charge in [0.25, 0.3) is 5.91 Å². The van der Waals surface area contributed by atoms with Crippen molar-refractivity contribution in [2.24, 2.45) is 0 Å². The predicted octanol–water partition coefficient (Wildman–Crippen LogP) is 3.79. The molecule has 0 saturated carbocycles. The number of halogens is 1. The Kier molecular flexibility index (Phi) is 5.37. The van der Waals surface area contributed by atoms with Gasteiger partial charge in [0.15, 0.2) is 0 Å². The van der Waals surface area contributed by atoms with Crippen LogP contribution in [0.4, 0.5) is 4.39 Å². The molecule has 0 aliphatic rings. The minimum absolute atomic E-state index is 0.0927. The first kappa shape index (κ1) is 20.5. The highest BCUT2D eigenvalue weighted by molar-refractivity contribution is 5.90. The van der Waals surface area contributed by atoms with Gasteiger partial charge in [-0.25, -0.2) is 18.7 Å². The van der Waals surface area contributed by atoms with Crippen molar-refractivity contribution in [2.75, 3.05) is 7.05 Å². The van der Waals surface area contributed by atoms with E-state index >= 15 is 0 Å². The number of carbonyl (C=O) groups excluding carboxylic acids is 1. The molecule has 8 heteroatoms. The van der Waals surface area contributed by atoms with Crippen LogP contribution in [0.5, 0.6) is 0 Å². The van der Waals surface area contributed by atoms with E-state index in [1.165, 1.54) is 16.8 Å². The first-order chi connectivity index (χ1) is 14.8. The number of rotatable bonds is 5. The van der Waals surface area contributed by atoms with Gasteiger partial charge in [-0.05, 0) is 57.2 Å². The van der Waals surface area contributed by atoms with Crippen LogP contribution in [0.15, 0.2) is 54.6 Å². The smallest absolute Gasteiger partial charge is 0.293 e. The fraction of sp³-hybridized carbons (Fsp3) is 0.217. The van der Waals surface area contributed by atoms with Crippen LogP contribution in [0.2, 0.25) is 0 Å². The van der Waals surface area contributed by atoms with E-state index in [2.05, 4.69) is 15.2 Å². The Morgan fingerprint density at radius 3 is 2.26 bits per heavy atom. The van der Waals surface area contributed by atoms with E-state index in [4.69, 9.17) is 0 Å². The summed E-state index contributed by atoms with van der Waals surface area (Å²) in [6.45, 7) is 6.07. The number of para-hydroxylation sites is 1. The number of aromatic nitrogens is 5. The Morgan fingerprint density at radius 1 is 0.935 bits per heavy atom. The molecule has 0 unspecified atom stereocenters. The summed E-state index contributed by atoms with van der Waals surface area (Å²) in [5.41, 5.74) is 4.43. The van der Waals surface area contributed by atoms with E-state index in [1.807, 2.05) is 48.9 Å². The molecule has 2 aromatic heterocycles. The van der Waals surface area contributed by atoms with Gasteiger partial charge in [0.1, 0.15) is 11.6 Å². The molecule has 0 saturated heterocycles. The molecule has 7 nitrogen and oxygen atoms in total. The molecule has 0 atom stereocenters. The first-order valence-electron chi connectivity index (χ1n) is 9.90. The lowest BCUT2D eigenvalue weighted by atomic mass is 10.2. The molecule has 0 aliphatic heterocycles. The van der Waals surface area contributed by atoms with Crippen LogP contribution in [0.1, 0.15) is 33.4 Å². The second-order valence-corrected chi connectivity index (χ2v) is 7.43. The second kappa shape index (κ2) is 8.14. The molecule has 2 heterocycles. The SMILES string of the molecule is Cc1nn(-c2ccccc2)c(C)c1CN(C)C(=O)c1nc(C)n(-c2ccc(F)cc2)n1. The van der Waals surface area contributed by atoms with Crippen molar-refractivity contribution in [1.82, 2.24) is 29.4 Å². The van der Waals surface area contributed by atoms with Crippen molar-refractivity contribution in [3.8, 4) is 11.4 Å². The summed E-state index contributed by atoms with van der Waals surface area (Å²) in [5, 5.41) is 8.98. The maximum absolute atomic E-state index is 13.2. The van der Waals surface area contributed by atoms with Gasteiger partial charge in [0.05, 0.1) is 17.1 Å². The van der Waals surface area contributed by atoms with Crippen LogP contribution >= 0.6 is 0 Å². The fourth-order valence-electron chi connectivity index (χ4n) is 3.51. The average Bonchev–Trinajstić information content (AvgIpc) is 3.29. The maximum Gasteiger partial charge on any atom is 0.293 e. The zero-order chi connectivity index (χ0) is 22.1. The van der Waals surface area contributed by atoms with Crippen LogP contribution in [0, 0.1) is 26.6 Å². The quantitative estimate of drug-likeness (QED) is 0.495. The third-order valence-electron chi connectivity index (χ3n) is 5.22. The first-order valence-corrected chi connectivity index (χ1v) is 9.90. The van der Waals surface area contributed by atoms with Crippen molar-refractivity contribution in [2.45, 2.75) is 27.3 Å². The molecule has 4 rings (SSSR count). The number of aryl methyl sites for hydroxylation is 2. The van der Waals surface area contributed by atoms with Gasteiger partial charge in [-0.2, -0.15) is 5.10 Å². The number of benzene rings is 2. The molecule has 2 aromatic carbocycles. The molecule has 1 amide bonds.